The molecule has 1 atom stereocenters. The SMILES string of the molecule is COc1ccc2cc(C(C)c3nc4ccccc4n3CCCOc3ccccc3)ccc2c1. The summed E-state index contributed by atoms with van der Waals surface area (Å²) in [7, 11) is 1.70. The van der Waals surface area contributed by atoms with E-state index in [9.17, 15) is 0 Å². The fourth-order valence-corrected chi connectivity index (χ4v) is 4.38. The first-order valence-electron chi connectivity index (χ1n) is 11.4. The Morgan fingerprint density at radius 1 is 0.818 bits per heavy atom. The van der Waals surface area contributed by atoms with Gasteiger partial charge in [0.05, 0.1) is 24.8 Å². The zero-order valence-corrected chi connectivity index (χ0v) is 19.1. The smallest absolute Gasteiger partial charge is 0.119 e. The number of fused-ring (bicyclic) bond motifs is 2. The Morgan fingerprint density at radius 2 is 1.58 bits per heavy atom. The van der Waals surface area contributed by atoms with Gasteiger partial charge in [0.25, 0.3) is 0 Å². The van der Waals surface area contributed by atoms with E-state index < -0.39 is 0 Å². The Kier molecular flexibility index (Phi) is 5.99. The zero-order chi connectivity index (χ0) is 22.6. The first kappa shape index (κ1) is 21.1. The van der Waals surface area contributed by atoms with Crippen LogP contribution in [0.5, 0.6) is 11.5 Å². The lowest BCUT2D eigenvalue weighted by molar-refractivity contribution is 0.301. The molecule has 5 rings (SSSR count). The minimum absolute atomic E-state index is 0.166. The molecule has 0 aliphatic carbocycles. The van der Waals surface area contributed by atoms with E-state index in [-0.39, 0.29) is 5.92 Å². The van der Waals surface area contributed by atoms with Crippen LogP contribution in [-0.4, -0.2) is 23.3 Å². The number of methoxy groups -OCH3 is 1. The van der Waals surface area contributed by atoms with Crippen molar-refractivity contribution < 1.29 is 9.47 Å². The molecule has 0 saturated heterocycles. The Hall–Kier alpha value is -3.79. The molecule has 4 nitrogen and oxygen atoms in total. The Labute approximate surface area is 194 Å². The van der Waals surface area contributed by atoms with Crippen LogP contribution in [0, 0.1) is 0 Å². The molecule has 0 aliphatic heterocycles. The van der Waals surface area contributed by atoms with Crippen LogP contribution in [0.3, 0.4) is 0 Å². The van der Waals surface area contributed by atoms with Crippen molar-refractivity contribution in [2.24, 2.45) is 0 Å². The van der Waals surface area contributed by atoms with Crippen molar-refractivity contribution in [3.8, 4) is 11.5 Å². The molecule has 1 unspecified atom stereocenters. The third kappa shape index (κ3) is 4.42. The molecule has 4 aromatic carbocycles. The van der Waals surface area contributed by atoms with Crippen LogP contribution in [0.25, 0.3) is 21.8 Å². The molecule has 1 heterocycles. The topological polar surface area (TPSA) is 36.3 Å². The second-order valence-corrected chi connectivity index (χ2v) is 8.32. The summed E-state index contributed by atoms with van der Waals surface area (Å²) in [5, 5.41) is 2.39. The van der Waals surface area contributed by atoms with E-state index in [1.807, 2.05) is 36.4 Å². The van der Waals surface area contributed by atoms with Gasteiger partial charge < -0.3 is 14.0 Å². The highest BCUT2D eigenvalue weighted by molar-refractivity contribution is 5.85. The number of benzene rings is 4. The first-order valence-corrected chi connectivity index (χ1v) is 11.4. The lowest BCUT2D eigenvalue weighted by Crippen LogP contribution is -2.11. The number of imidazole rings is 1. The van der Waals surface area contributed by atoms with E-state index in [1.54, 1.807) is 7.11 Å². The highest BCUT2D eigenvalue weighted by Crippen LogP contribution is 2.30. The number of rotatable bonds is 8. The largest absolute Gasteiger partial charge is 0.497 e. The van der Waals surface area contributed by atoms with Crippen molar-refractivity contribution in [2.75, 3.05) is 13.7 Å². The van der Waals surface area contributed by atoms with Gasteiger partial charge in [0.15, 0.2) is 0 Å². The molecule has 1 aromatic heterocycles. The van der Waals surface area contributed by atoms with Crippen LogP contribution >= 0.6 is 0 Å². The summed E-state index contributed by atoms with van der Waals surface area (Å²) < 4.78 is 13.6. The Bertz CT molecular complexity index is 1370. The van der Waals surface area contributed by atoms with E-state index in [0.717, 1.165) is 35.8 Å². The monoisotopic (exact) mass is 436 g/mol. The van der Waals surface area contributed by atoms with E-state index in [2.05, 4.69) is 66.1 Å². The van der Waals surface area contributed by atoms with Crippen molar-refractivity contribution in [2.45, 2.75) is 25.8 Å². The first-order chi connectivity index (χ1) is 16.2. The van der Waals surface area contributed by atoms with Crippen molar-refractivity contribution in [3.05, 3.63) is 102 Å². The van der Waals surface area contributed by atoms with E-state index in [0.29, 0.717) is 6.61 Å². The van der Waals surface area contributed by atoms with Gasteiger partial charge in [-0.05, 0) is 59.2 Å². The fourth-order valence-electron chi connectivity index (χ4n) is 4.38. The molecule has 0 saturated carbocycles. The maximum Gasteiger partial charge on any atom is 0.119 e. The summed E-state index contributed by atoms with van der Waals surface area (Å²) in [6.45, 7) is 3.77. The molecular weight excluding hydrogens is 408 g/mol. The molecule has 4 heteroatoms. The number of hydrogen-bond donors (Lipinski definition) is 0. The molecule has 0 radical (unpaired) electrons. The van der Waals surface area contributed by atoms with Gasteiger partial charge in [-0.1, -0.05) is 61.5 Å². The maximum atomic E-state index is 5.92. The highest BCUT2D eigenvalue weighted by Gasteiger charge is 2.18. The van der Waals surface area contributed by atoms with Crippen LogP contribution in [0.2, 0.25) is 0 Å². The summed E-state index contributed by atoms with van der Waals surface area (Å²) >= 11 is 0. The Morgan fingerprint density at radius 3 is 2.42 bits per heavy atom. The van der Waals surface area contributed by atoms with Gasteiger partial charge in [0.1, 0.15) is 17.3 Å². The molecular formula is C29H28N2O2. The summed E-state index contributed by atoms with van der Waals surface area (Å²) in [5.74, 6) is 3.04. The van der Waals surface area contributed by atoms with Crippen LogP contribution < -0.4 is 9.47 Å². The minimum atomic E-state index is 0.166. The number of hydrogen-bond acceptors (Lipinski definition) is 3. The third-order valence-corrected chi connectivity index (χ3v) is 6.18. The molecule has 0 aliphatic rings. The number of aryl methyl sites for hydroxylation is 1. The normalized spacial score (nSPS) is 12.2. The number of ether oxygens (including phenoxy) is 2. The van der Waals surface area contributed by atoms with Gasteiger partial charge in [0.2, 0.25) is 0 Å². The van der Waals surface area contributed by atoms with E-state index in [4.69, 9.17) is 14.5 Å². The van der Waals surface area contributed by atoms with Gasteiger partial charge in [-0.2, -0.15) is 0 Å². The lowest BCUT2D eigenvalue weighted by Gasteiger charge is -2.16. The van der Waals surface area contributed by atoms with Crippen molar-refractivity contribution >= 4 is 21.8 Å². The molecule has 5 aromatic rings. The predicted molar refractivity (Wildman–Crippen MR) is 134 cm³/mol. The van der Waals surface area contributed by atoms with Gasteiger partial charge >= 0.3 is 0 Å². The van der Waals surface area contributed by atoms with Gasteiger partial charge in [0, 0.05) is 12.5 Å². The maximum absolute atomic E-state index is 5.92. The highest BCUT2D eigenvalue weighted by atomic mass is 16.5. The van der Waals surface area contributed by atoms with Gasteiger partial charge in [-0.15, -0.1) is 0 Å². The van der Waals surface area contributed by atoms with Gasteiger partial charge in [-0.25, -0.2) is 4.98 Å². The summed E-state index contributed by atoms with van der Waals surface area (Å²) in [6, 6.07) is 31.2. The van der Waals surface area contributed by atoms with Crippen molar-refractivity contribution in [1.29, 1.82) is 0 Å². The molecule has 0 fully saturated rings. The van der Waals surface area contributed by atoms with Gasteiger partial charge in [-0.3, -0.25) is 0 Å². The van der Waals surface area contributed by atoms with Crippen molar-refractivity contribution in [1.82, 2.24) is 9.55 Å². The molecule has 166 valence electrons. The minimum Gasteiger partial charge on any atom is -0.497 e. The van der Waals surface area contributed by atoms with Crippen LogP contribution in [0.4, 0.5) is 0 Å². The quantitative estimate of drug-likeness (QED) is 0.250. The zero-order valence-electron chi connectivity index (χ0n) is 19.1. The van der Waals surface area contributed by atoms with Crippen LogP contribution in [0.15, 0.2) is 91.0 Å². The average Bonchev–Trinajstić information content (AvgIpc) is 3.24. The summed E-state index contributed by atoms with van der Waals surface area (Å²) in [6.07, 6.45) is 0.909. The van der Waals surface area contributed by atoms with Crippen molar-refractivity contribution in [3.63, 3.8) is 0 Å². The third-order valence-electron chi connectivity index (χ3n) is 6.18. The average molecular weight is 437 g/mol. The standard InChI is InChI=1S/C29H28N2O2/c1-21(22-13-14-24-20-26(32-2)16-15-23(24)19-22)29-30-27-11-6-7-12-28(27)31(29)17-8-18-33-25-9-4-3-5-10-25/h3-7,9-16,19-21H,8,17-18H2,1-2H3. The molecule has 0 N–H and O–H groups in total. The molecule has 0 bridgehead atoms. The molecule has 33 heavy (non-hydrogen) atoms. The summed E-state index contributed by atoms with van der Waals surface area (Å²) in [4.78, 5) is 5.04. The van der Waals surface area contributed by atoms with Crippen LogP contribution in [-0.2, 0) is 6.54 Å². The number of nitrogens with zero attached hydrogens (tertiary/aromatic N) is 2. The predicted octanol–water partition coefficient (Wildman–Crippen LogP) is 6.82. The Balaban J connectivity index is 1.41. The lowest BCUT2D eigenvalue weighted by atomic mass is 9.97. The molecule has 0 amide bonds. The fraction of sp³-hybridized carbons (Fsp3) is 0.207. The second-order valence-electron chi connectivity index (χ2n) is 8.32. The van der Waals surface area contributed by atoms with Crippen LogP contribution in [0.1, 0.15) is 30.7 Å². The summed E-state index contributed by atoms with van der Waals surface area (Å²) in [5.41, 5.74) is 3.46. The van der Waals surface area contributed by atoms with E-state index in [1.165, 1.54) is 21.9 Å². The number of para-hydroxylation sites is 3. The molecule has 0 spiro atoms. The second kappa shape index (κ2) is 9.37. The van der Waals surface area contributed by atoms with E-state index >= 15 is 0 Å². The number of aromatic nitrogens is 2.